The molecule has 0 bridgehead atoms. The topological polar surface area (TPSA) is 50.4 Å². The Morgan fingerprint density at radius 2 is 2.27 bits per heavy atom. The second kappa shape index (κ2) is 5.88. The molecule has 1 atom stereocenters. The fourth-order valence-electron chi connectivity index (χ4n) is 1.37. The Bertz CT molecular complexity index is 255. The van der Waals surface area contributed by atoms with Crippen LogP contribution < -0.4 is 10.6 Å². The lowest BCUT2D eigenvalue weighted by Gasteiger charge is -2.22. The molecule has 4 nitrogen and oxygen atoms in total. The summed E-state index contributed by atoms with van der Waals surface area (Å²) >= 11 is 0. The van der Waals surface area contributed by atoms with Gasteiger partial charge in [-0.2, -0.15) is 0 Å². The lowest BCUT2D eigenvalue weighted by molar-refractivity contribution is -0.118. The van der Waals surface area contributed by atoms with E-state index in [1.807, 2.05) is 13.8 Å². The van der Waals surface area contributed by atoms with Crippen molar-refractivity contribution in [1.29, 1.82) is 0 Å². The van der Waals surface area contributed by atoms with Crippen molar-refractivity contribution in [2.24, 2.45) is 0 Å². The summed E-state index contributed by atoms with van der Waals surface area (Å²) in [5.74, 6) is 0.0510. The molecule has 15 heavy (non-hydrogen) atoms. The minimum absolute atomic E-state index is 0.0510. The van der Waals surface area contributed by atoms with Crippen LogP contribution >= 0.6 is 0 Å². The Hall–Kier alpha value is -0.870. The van der Waals surface area contributed by atoms with Gasteiger partial charge in [-0.3, -0.25) is 4.79 Å². The quantitative estimate of drug-likeness (QED) is 0.650. The molecular weight excluding hydrogens is 192 g/mol. The van der Waals surface area contributed by atoms with Gasteiger partial charge in [0.15, 0.2) is 0 Å². The standard InChI is InChI=1S/C11H20N2O2/c1-8(4-5-15-3)13-11(14)9(2)10-6-12-7-10/h8,12H,4-7H2,1-3H3,(H,13,14). The third-order valence-electron chi connectivity index (χ3n) is 2.68. The van der Waals surface area contributed by atoms with E-state index in [0.29, 0.717) is 6.61 Å². The molecule has 1 aliphatic heterocycles. The van der Waals surface area contributed by atoms with Gasteiger partial charge in [-0.1, -0.05) is 0 Å². The molecular formula is C11H20N2O2. The monoisotopic (exact) mass is 212 g/mol. The molecule has 86 valence electrons. The zero-order valence-electron chi connectivity index (χ0n) is 9.72. The summed E-state index contributed by atoms with van der Waals surface area (Å²) in [5, 5.41) is 6.09. The van der Waals surface area contributed by atoms with Crippen LogP contribution in [0.25, 0.3) is 0 Å². The summed E-state index contributed by atoms with van der Waals surface area (Å²) in [4.78, 5) is 11.7. The molecule has 1 amide bonds. The Labute approximate surface area is 91.1 Å². The lowest BCUT2D eigenvalue weighted by atomic mass is 10.0. The molecule has 2 N–H and O–H groups in total. The van der Waals surface area contributed by atoms with Gasteiger partial charge in [-0.15, -0.1) is 0 Å². The number of amides is 1. The number of hydrogen-bond donors (Lipinski definition) is 2. The fourth-order valence-corrected chi connectivity index (χ4v) is 1.37. The van der Waals surface area contributed by atoms with Gasteiger partial charge in [0, 0.05) is 38.4 Å². The van der Waals surface area contributed by atoms with Gasteiger partial charge in [-0.05, 0) is 25.8 Å². The number of rotatable bonds is 5. The first kappa shape index (κ1) is 12.2. The maximum atomic E-state index is 11.7. The molecule has 1 fully saturated rings. The zero-order valence-corrected chi connectivity index (χ0v) is 9.72. The van der Waals surface area contributed by atoms with Crippen molar-refractivity contribution in [3.8, 4) is 0 Å². The van der Waals surface area contributed by atoms with Gasteiger partial charge in [0.2, 0.25) is 5.91 Å². The van der Waals surface area contributed by atoms with Gasteiger partial charge in [0.25, 0.3) is 0 Å². The summed E-state index contributed by atoms with van der Waals surface area (Å²) in [6.45, 7) is 6.26. The minimum Gasteiger partial charge on any atom is -0.385 e. The van der Waals surface area contributed by atoms with E-state index in [-0.39, 0.29) is 11.9 Å². The molecule has 1 unspecified atom stereocenters. The molecule has 0 aromatic carbocycles. The first-order valence-electron chi connectivity index (χ1n) is 5.34. The van der Waals surface area contributed by atoms with Crippen LogP contribution in [0.1, 0.15) is 20.3 Å². The highest BCUT2D eigenvalue weighted by molar-refractivity contribution is 5.94. The predicted octanol–water partition coefficient (Wildman–Crippen LogP) is 0.447. The first-order valence-corrected chi connectivity index (χ1v) is 5.34. The van der Waals surface area contributed by atoms with Gasteiger partial charge in [0.05, 0.1) is 0 Å². The molecule has 0 aromatic heterocycles. The Kier molecular flexibility index (Phi) is 4.78. The summed E-state index contributed by atoms with van der Waals surface area (Å²) in [7, 11) is 1.67. The van der Waals surface area contributed by atoms with E-state index in [0.717, 1.165) is 25.1 Å². The average Bonchev–Trinajstić information content (AvgIpc) is 2.11. The molecule has 0 aromatic rings. The third-order valence-corrected chi connectivity index (χ3v) is 2.68. The van der Waals surface area contributed by atoms with Crippen LogP contribution in [0.5, 0.6) is 0 Å². The Morgan fingerprint density at radius 1 is 1.60 bits per heavy atom. The maximum Gasteiger partial charge on any atom is 0.247 e. The fraction of sp³-hybridized carbons (Fsp3) is 0.727. The molecule has 4 heteroatoms. The molecule has 0 spiro atoms. The highest BCUT2D eigenvalue weighted by Gasteiger charge is 2.16. The van der Waals surface area contributed by atoms with Crippen molar-refractivity contribution in [2.45, 2.75) is 26.3 Å². The van der Waals surface area contributed by atoms with Crippen LogP contribution in [0.4, 0.5) is 0 Å². The largest absolute Gasteiger partial charge is 0.385 e. The molecule has 0 radical (unpaired) electrons. The average molecular weight is 212 g/mol. The number of nitrogens with one attached hydrogen (secondary N) is 2. The van der Waals surface area contributed by atoms with Crippen LogP contribution in [0.2, 0.25) is 0 Å². The van der Waals surface area contributed by atoms with Gasteiger partial charge in [-0.25, -0.2) is 0 Å². The maximum absolute atomic E-state index is 11.7. The van der Waals surface area contributed by atoms with Crippen molar-refractivity contribution >= 4 is 5.91 Å². The van der Waals surface area contributed by atoms with Crippen molar-refractivity contribution in [3.05, 3.63) is 11.1 Å². The normalized spacial score (nSPS) is 16.9. The van der Waals surface area contributed by atoms with Gasteiger partial charge >= 0.3 is 0 Å². The minimum atomic E-state index is 0.0510. The van der Waals surface area contributed by atoms with Crippen LogP contribution in [-0.4, -0.2) is 38.8 Å². The van der Waals surface area contributed by atoms with Crippen LogP contribution in [0, 0.1) is 0 Å². The van der Waals surface area contributed by atoms with E-state index >= 15 is 0 Å². The highest BCUT2D eigenvalue weighted by atomic mass is 16.5. The number of ether oxygens (including phenoxy) is 1. The molecule has 1 rings (SSSR count). The third kappa shape index (κ3) is 3.64. The van der Waals surface area contributed by atoms with Gasteiger partial charge < -0.3 is 15.4 Å². The number of methoxy groups -OCH3 is 1. The molecule has 1 saturated heterocycles. The van der Waals surface area contributed by atoms with E-state index in [1.54, 1.807) is 7.11 Å². The molecule has 0 saturated carbocycles. The molecule has 1 aliphatic rings. The zero-order chi connectivity index (χ0) is 11.3. The molecule has 1 heterocycles. The number of hydrogen-bond acceptors (Lipinski definition) is 3. The van der Waals surface area contributed by atoms with E-state index in [2.05, 4.69) is 10.6 Å². The van der Waals surface area contributed by atoms with Crippen molar-refractivity contribution in [2.75, 3.05) is 26.8 Å². The lowest BCUT2D eigenvalue weighted by Crippen LogP contribution is -2.39. The van der Waals surface area contributed by atoms with Crippen LogP contribution in [-0.2, 0) is 9.53 Å². The Morgan fingerprint density at radius 3 is 2.73 bits per heavy atom. The Balaban J connectivity index is 2.34. The summed E-state index contributed by atoms with van der Waals surface area (Å²) < 4.78 is 4.96. The van der Waals surface area contributed by atoms with Crippen molar-refractivity contribution < 1.29 is 9.53 Å². The first-order chi connectivity index (χ1) is 7.15. The SMILES string of the molecule is COCCC(C)NC(=O)C(C)=C1CNC1. The number of carbonyl (C=O) groups excluding carboxylic acids is 1. The predicted molar refractivity (Wildman–Crippen MR) is 59.7 cm³/mol. The van der Waals surface area contributed by atoms with Crippen molar-refractivity contribution in [1.82, 2.24) is 10.6 Å². The van der Waals surface area contributed by atoms with E-state index in [9.17, 15) is 4.79 Å². The number of carbonyl (C=O) groups is 1. The van der Waals surface area contributed by atoms with Gasteiger partial charge in [0.1, 0.15) is 0 Å². The second-order valence-corrected chi connectivity index (χ2v) is 3.99. The van der Waals surface area contributed by atoms with Crippen LogP contribution in [0.3, 0.4) is 0 Å². The van der Waals surface area contributed by atoms with E-state index in [4.69, 9.17) is 4.74 Å². The summed E-state index contributed by atoms with van der Waals surface area (Å²) in [6, 6.07) is 0.168. The second-order valence-electron chi connectivity index (χ2n) is 3.99. The van der Waals surface area contributed by atoms with E-state index in [1.165, 1.54) is 5.57 Å². The smallest absolute Gasteiger partial charge is 0.247 e. The van der Waals surface area contributed by atoms with Crippen molar-refractivity contribution in [3.63, 3.8) is 0 Å². The highest BCUT2D eigenvalue weighted by Crippen LogP contribution is 2.09. The molecule has 0 aliphatic carbocycles. The van der Waals surface area contributed by atoms with E-state index < -0.39 is 0 Å². The summed E-state index contributed by atoms with van der Waals surface area (Å²) in [5.41, 5.74) is 2.07. The van der Waals surface area contributed by atoms with Crippen LogP contribution in [0.15, 0.2) is 11.1 Å². The summed E-state index contributed by atoms with van der Waals surface area (Å²) in [6.07, 6.45) is 0.850.